The number of hydrogen-bond acceptors (Lipinski definition) is 3. The number of H-pyrrole nitrogens is 1. The highest BCUT2D eigenvalue weighted by Crippen LogP contribution is 2.15. The molecule has 98 valence electrons. The maximum atomic E-state index is 12.0. The van der Waals surface area contributed by atoms with Crippen molar-refractivity contribution in [3.05, 3.63) is 39.8 Å². The van der Waals surface area contributed by atoms with Gasteiger partial charge in [-0.25, -0.2) is 13.1 Å². The van der Waals surface area contributed by atoms with Gasteiger partial charge in [-0.15, -0.1) is 0 Å². The third kappa shape index (κ3) is 3.01. The van der Waals surface area contributed by atoms with E-state index in [0.29, 0.717) is 6.42 Å². The van der Waals surface area contributed by atoms with Gasteiger partial charge < -0.3 is 4.98 Å². The Bertz CT molecular complexity index is 621. The summed E-state index contributed by atoms with van der Waals surface area (Å²) in [4.78, 5) is 13.3. The standard InChI is InChI=1S/C11H13ClN2O3S/c12-10-6-9(7-13-11(10)15)18(16,17)14-8-4-2-1-3-5-8/h1-2,6-8,14H,3-5H2,(H,13,15). The molecule has 5 nitrogen and oxygen atoms in total. The second-order valence-electron chi connectivity index (χ2n) is 4.12. The molecule has 1 aliphatic carbocycles. The van der Waals surface area contributed by atoms with Gasteiger partial charge in [0.1, 0.15) is 5.02 Å². The fraction of sp³-hybridized carbons (Fsp3) is 0.364. The van der Waals surface area contributed by atoms with E-state index in [1.165, 1.54) is 0 Å². The molecule has 1 aromatic rings. The van der Waals surface area contributed by atoms with Gasteiger partial charge in [0, 0.05) is 12.2 Å². The van der Waals surface area contributed by atoms with Gasteiger partial charge in [0.05, 0.1) is 4.90 Å². The largest absolute Gasteiger partial charge is 0.326 e. The third-order valence-electron chi connectivity index (χ3n) is 2.73. The van der Waals surface area contributed by atoms with E-state index >= 15 is 0 Å². The summed E-state index contributed by atoms with van der Waals surface area (Å²) in [5.74, 6) is 0. The lowest BCUT2D eigenvalue weighted by molar-refractivity contribution is 0.522. The summed E-state index contributed by atoms with van der Waals surface area (Å²) >= 11 is 5.62. The molecule has 1 unspecified atom stereocenters. The molecule has 1 aliphatic rings. The van der Waals surface area contributed by atoms with Crippen molar-refractivity contribution >= 4 is 21.6 Å². The molecule has 0 aromatic carbocycles. The van der Waals surface area contributed by atoms with Crippen LogP contribution in [0.15, 0.2) is 34.1 Å². The van der Waals surface area contributed by atoms with Crippen LogP contribution in [0.4, 0.5) is 0 Å². The van der Waals surface area contributed by atoms with E-state index < -0.39 is 15.6 Å². The van der Waals surface area contributed by atoms with Crippen LogP contribution in [0.5, 0.6) is 0 Å². The third-order valence-corrected chi connectivity index (χ3v) is 4.51. The van der Waals surface area contributed by atoms with Crippen molar-refractivity contribution < 1.29 is 8.42 Å². The zero-order valence-corrected chi connectivity index (χ0v) is 11.1. The summed E-state index contributed by atoms with van der Waals surface area (Å²) in [5.41, 5.74) is -0.504. The van der Waals surface area contributed by atoms with Crippen LogP contribution in [-0.4, -0.2) is 19.4 Å². The highest BCUT2D eigenvalue weighted by molar-refractivity contribution is 7.89. The van der Waals surface area contributed by atoms with E-state index in [-0.39, 0.29) is 16.0 Å². The summed E-state index contributed by atoms with van der Waals surface area (Å²) in [6.07, 6.45) is 7.44. The molecule has 0 spiro atoms. The van der Waals surface area contributed by atoms with Crippen molar-refractivity contribution in [1.29, 1.82) is 0 Å². The zero-order valence-electron chi connectivity index (χ0n) is 9.52. The van der Waals surface area contributed by atoms with Gasteiger partial charge in [0.25, 0.3) is 5.56 Å². The lowest BCUT2D eigenvalue weighted by Crippen LogP contribution is -2.35. The molecule has 1 aromatic heterocycles. The number of aromatic amines is 1. The Morgan fingerprint density at radius 1 is 1.39 bits per heavy atom. The molecule has 1 atom stereocenters. The average molecular weight is 289 g/mol. The molecule has 18 heavy (non-hydrogen) atoms. The highest BCUT2D eigenvalue weighted by atomic mass is 35.5. The molecule has 0 radical (unpaired) electrons. The van der Waals surface area contributed by atoms with Gasteiger partial charge in [-0.05, 0) is 25.3 Å². The zero-order chi connectivity index (χ0) is 13.2. The first-order valence-electron chi connectivity index (χ1n) is 5.54. The van der Waals surface area contributed by atoms with Gasteiger partial charge in [-0.2, -0.15) is 0 Å². The van der Waals surface area contributed by atoms with E-state index in [0.717, 1.165) is 25.1 Å². The maximum Gasteiger partial charge on any atom is 0.266 e. The summed E-state index contributed by atoms with van der Waals surface area (Å²) in [7, 11) is -3.64. The molecular formula is C11H13ClN2O3S. The number of sulfonamides is 1. The van der Waals surface area contributed by atoms with E-state index in [1.54, 1.807) is 0 Å². The van der Waals surface area contributed by atoms with E-state index in [9.17, 15) is 13.2 Å². The first-order valence-corrected chi connectivity index (χ1v) is 7.41. The first-order chi connectivity index (χ1) is 8.49. The van der Waals surface area contributed by atoms with Crippen molar-refractivity contribution in [2.24, 2.45) is 0 Å². The molecule has 0 saturated heterocycles. The number of nitrogens with one attached hydrogen (secondary N) is 2. The van der Waals surface area contributed by atoms with Gasteiger partial charge >= 0.3 is 0 Å². The molecule has 0 fully saturated rings. The van der Waals surface area contributed by atoms with Gasteiger partial charge in [0.2, 0.25) is 10.0 Å². The minimum Gasteiger partial charge on any atom is -0.326 e. The summed E-state index contributed by atoms with van der Waals surface area (Å²) in [5, 5.41) is -0.138. The Kier molecular flexibility index (Phi) is 3.89. The van der Waals surface area contributed by atoms with Crippen LogP contribution in [0, 0.1) is 0 Å². The minimum atomic E-state index is -3.64. The van der Waals surface area contributed by atoms with Gasteiger partial charge in [0.15, 0.2) is 0 Å². The lowest BCUT2D eigenvalue weighted by Gasteiger charge is -2.19. The number of pyridine rings is 1. The molecular weight excluding hydrogens is 276 g/mol. The van der Waals surface area contributed by atoms with Crippen LogP contribution in [0.1, 0.15) is 19.3 Å². The molecule has 0 amide bonds. The Hall–Kier alpha value is -1.11. The molecule has 0 bridgehead atoms. The molecule has 0 aliphatic heterocycles. The predicted octanol–water partition coefficient (Wildman–Crippen LogP) is 1.42. The maximum absolute atomic E-state index is 12.0. The lowest BCUT2D eigenvalue weighted by atomic mass is 10.0. The van der Waals surface area contributed by atoms with Crippen LogP contribution in [0.3, 0.4) is 0 Å². The normalized spacial score (nSPS) is 19.9. The fourth-order valence-corrected chi connectivity index (χ4v) is 3.29. The van der Waals surface area contributed by atoms with Crippen molar-refractivity contribution in [2.45, 2.75) is 30.2 Å². The van der Waals surface area contributed by atoms with Crippen LogP contribution in [-0.2, 0) is 10.0 Å². The summed E-state index contributed by atoms with van der Waals surface area (Å²) in [6.45, 7) is 0. The number of hydrogen-bond donors (Lipinski definition) is 2. The van der Waals surface area contributed by atoms with Crippen molar-refractivity contribution in [3.63, 3.8) is 0 Å². The number of allylic oxidation sites excluding steroid dienone is 1. The summed E-state index contributed by atoms with van der Waals surface area (Å²) in [6, 6.07) is 1.05. The van der Waals surface area contributed by atoms with Crippen molar-refractivity contribution in [1.82, 2.24) is 9.71 Å². The topological polar surface area (TPSA) is 79.0 Å². The minimum absolute atomic E-state index is 0.0262. The van der Waals surface area contributed by atoms with E-state index in [1.807, 2.05) is 12.2 Å². The quantitative estimate of drug-likeness (QED) is 0.826. The fourth-order valence-electron chi connectivity index (χ4n) is 1.78. The van der Waals surface area contributed by atoms with Gasteiger partial charge in [-0.1, -0.05) is 23.8 Å². The monoisotopic (exact) mass is 288 g/mol. The Labute approximate surface area is 110 Å². The van der Waals surface area contributed by atoms with Crippen molar-refractivity contribution in [2.75, 3.05) is 0 Å². The molecule has 2 N–H and O–H groups in total. The van der Waals surface area contributed by atoms with Crippen molar-refractivity contribution in [3.8, 4) is 0 Å². The second-order valence-corrected chi connectivity index (χ2v) is 6.24. The average Bonchev–Trinajstić information content (AvgIpc) is 2.33. The molecule has 1 heterocycles. The number of rotatable bonds is 3. The number of aromatic nitrogens is 1. The molecule has 0 saturated carbocycles. The smallest absolute Gasteiger partial charge is 0.266 e. The van der Waals surface area contributed by atoms with E-state index in [4.69, 9.17) is 11.6 Å². The summed E-state index contributed by atoms with van der Waals surface area (Å²) < 4.78 is 26.7. The number of halogens is 1. The van der Waals surface area contributed by atoms with Crippen LogP contribution in [0.2, 0.25) is 5.02 Å². The second kappa shape index (κ2) is 5.26. The highest BCUT2D eigenvalue weighted by Gasteiger charge is 2.21. The Morgan fingerprint density at radius 3 is 2.78 bits per heavy atom. The predicted molar refractivity (Wildman–Crippen MR) is 69.2 cm³/mol. The van der Waals surface area contributed by atoms with Crippen LogP contribution in [0.25, 0.3) is 0 Å². The molecule has 7 heteroatoms. The van der Waals surface area contributed by atoms with Crippen LogP contribution >= 0.6 is 11.6 Å². The Balaban J connectivity index is 2.22. The molecule has 2 rings (SSSR count). The van der Waals surface area contributed by atoms with E-state index in [2.05, 4.69) is 9.71 Å². The Morgan fingerprint density at radius 2 is 2.17 bits per heavy atom. The first kappa shape index (κ1) is 13.3. The SMILES string of the molecule is O=c1[nH]cc(S(=O)(=O)NC2CC=CCC2)cc1Cl. The van der Waals surface area contributed by atoms with Crippen LogP contribution < -0.4 is 10.3 Å². The van der Waals surface area contributed by atoms with Gasteiger partial charge in [-0.3, -0.25) is 4.79 Å².